The summed E-state index contributed by atoms with van der Waals surface area (Å²) < 4.78 is 14.8. The van der Waals surface area contributed by atoms with Gasteiger partial charge in [-0.1, -0.05) is 17.7 Å². The lowest BCUT2D eigenvalue weighted by Crippen LogP contribution is -2.17. The number of hydrogen-bond acceptors (Lipinski definition) is 4. The average Bonchev–Trinajstić information content (AvgIpc) is 2.76. The number of rotatable bonds is 2. The van der Waals surface area contributed by atoms with Crippen LogP contribution in [0.3, 0.4) is 0 Å². The lowest BCUT2D eigenvalue weighted by Gasteiger charge is -2.01. The van der Waals surface area contributed by atoms with E-state index >= 15 is 0 Å². The minimum atomic E-state index is -0.499. The molecule has 7 heteroatoms. The molecule has 0 N–H and O–H groups in total. The van der Waals surface area contributed by atoms with Crippen molar-refractivity contribution in [2.45, 2.75) is 13.8 Å². The van der Waals surface area contributed by atoms with Crippen LogP contribution in [0.1, 0.15) is 16.0 Å². The van der Waals surface area contributed by atoms with E-state index in [1.165, 1.54) is 36.0 Å². The standard InChI is InChI=1S/C15H11ClFN3OS/c1-8-9(2)22-14-13(8)15(21)20(7-18-14)19-6-10-11(16)4-3-5-12(10)17/h3-7H,1-2H3/b19-6+. The predicted molar refractivity (Wildman–Crippen MR) is 87.8 cm³/mol. The van der Waals surface area contributed by atoms with Crippen molar-refractivity contribution in [1.82, 2.24) is 9.66 Å². The number of halogens is 2. The molecule has 4 nitrogen and oxygen atoms in total. The molecule has 0 radical (unpaired) electrons. The van der Waals surface area contributed by atoms with Crippen LogP contribution in [0, 0.1) is 19.7 Å². The number of fused-ring (bicyclic) bond motifs is 1. The molecule has 0 amide bonds. The van der Waals surface area contributed by atoms with E-state index in [9.17, 15) is 9.18 Å². The fourth-order valence-corrected chi connectivity index (χ4v) is 3.26. The first-order valence-electron chi connectivity index (χ1n) is 6.44. The van der Waals surface area contributed by atoms with Gasteiger partial charge in [0.05, 0.1) is 16.6 Å². The van der Waals surface area contributed by atoms with E-state index in [1.807, 2.05) is 13.8 Å². The Kier molecular flexibility index (Phi) is 3.80. The minimum Gasteiger partial charge on any atom is -0.267 e. The third kappa shape index (κ3) is 2.44. The van der Waals surface area contributed by atoms with Crippen LogP contribution in [-0.2, 0) is 0 Å². The van der Waals surface area contributed by atoms with Gasteiger partial charge in [-0.25, -0.2) is 9.37 Å². The summed E-state index contributed by atoms with van der Waals surface area (Å²) >= 11 is 7.39. The van der Waals surface area contributed by atoms with Crippen LogP contribution in [0.5, 0.6) is 0 Å². The van der Waals surface area contributed by atoms with Crippen molar-refractivity contribution < 1.29 is 4.39 Å². The first kappa shape index (κ1) is 14.9. The summed E-state index contributed by atoms with van der Waals surface area (Å²) in [6.45, 7) is 3.81. The van der Waals surface area contributed by atoms with Gasteiger partial charge in [0.2, 0.25) is 0 Å². The maximum absolute atomic E-state index is 13.7. The number of aryl methyl sites for hydroxylation is 2. The summed E-state index contributed by atoms with van der Waals surface area (Å²) in [7, 11) is 0. The summed E-state index contributed by atoms with van der Waals surface area (Å²) in [4.78, 5) is 18.4. The quantitative estimate of drug-likeness (QED) is 0.670. The van der Waals surface area contributed by atoms with Crippen LogP contribution in [0.2, 0.25) is 5.02 Å². The highest BCUT2D eigenvalue weighted by molar-refractivity contribution is 7.18. The van der Waals surface area contributed by atoms with E-state index in [1.54, 1.807) is 6.07 Å². The molecule has 0 spiro atoms. The third-order valence-corrected chi connectivity index (χ3v) is 4.83. The normalized spacial score (nSPS) is 11.6. The van der Waals surface area contributed by atoms with Gasteiger partial charge < -0.3 is 0 Å². The molecule has 3 rings (SSSR count). The zero-order valence-corrected chi connectivity index (χ0v) is 13.4. The maximum atomic E-state index is 13.7. The van der Waals surface area contributed by atoms with Crippen LogP contribution in [0.15, 0.2) is 34.4 Å². The number of hydrogen-bond donors (Lipinski definition) is 0. The summed E-state index contributed by atoms with van der Waals surface area (Å²) in [5, 5.41) is 4.77. The van der Waals surface area contributed by atoms with Gasteiger partial charge in [0.15, 0.2) is 0 Å². The Balaban J connectivity index is 2.12. The molecule has 112 valence electrons. The van der Waals surface area contributed by atoms with Crippen molar-refractivity contribution in [3.63, 3.8) is 0 Å². The van der Waals surface area contributed by atoms with Gasteiger partial charge in [0, 0.05) is 10.4 Å². The first-order chi connectivity index (χ1) is 10.5. The minimum absolute atomic E-state index is 0.134. The largest absolute Gasteiger partial charge is 0.282 e. The molecular formula is C15H11ClFN3OS. The highest BCUT2D eigenvalue weighted by Crippen LogP contribution is 2.25. The monoisotopic (exact) mass is 335 g/mol. The molecule has 2 aromatic heterocycles. The van der Waals surface area contributed by atoms with Gasteiger partial charge in [-0.2, -0.15) is 9.78 Å². The summed E-state index contributed by atoms with van der Waals surface area (Å²) in [5.41, 5.74) is 0.746. The van der Waals surface area contributed by atoms with Crippen molar-refractivity contribution in [1.29, 1.82) is 0 Å². The van der Waals surface area contributed by atoms with Crippen LogP contribution in [0.25, 0.3) is 10.2 Å². The second-order valence-electron chi connectivity index (χ2n) is 4.74. The molecule has 0 atom stereocenters. The Bertz CT molecular complexity index is 941. The fourth-order valence-electron chi connectivity index (χ4n) is 2.06. The van der Waals surface area contributed by atoms with Gasteiger partial charge in [0.25, 0.3) is 5.56 Å². The smallest absolute Gasteiger partial charge is 0.267 e. The van der Waals surface area contributed by atoms with Crippen LogP contribution >= 0.6 is 22.9 Å². The first-order valence-corrected chi connectivity index (χ1v) is 7.64. The van der Waals surface area contributed by atoms with Crippen molar-refractivity contribution in [3.8, 4) is 0 Å². The summed E-state index contributed by atoms with van der Waals surface area (Å²) in [6, 6.07) is 4.35. The molecular weight excluding hydrogens is 325 g/mol. The summed E-state index contributed by atoms with van der Waals surface area (Å²) in [5.74, 6) is -0.499. The lowest BCUT2D eigenvalue weighted by molar-refractivity contribution is 0.625. The van der Waals surface area contributed by atoms with Crippen molar-refractivity contribution >= 4 is 39.4 Å². The van der Waals surface area contributed by atoms with Gasteiger partial charge in [-0.3, -0.25) is 4.79 Å². The van der Waals surface area contributed by atoms with Crippen molar-refractivity contribution in [3.05, 3.63) is 61.7 Å². The second kappa shape index (κ2) is 5.62. The molecule has 0 aliphatic rings. The molecule has 0 saturated heterocycles. The number of nitrogens with zero attached hydrogens (tertiary/aromatic N) is 3. The third-order valence-electron chi connectivity index (χ3n) is 3.38. The van der Waals surface area contributed by atoms with Gasteiger partial charge in [-0.15, -0.1) is 11.3 Å². The van der Waals surface area contributed by atoms with E-state index in [0.717, 1.165) is 15.1 Å². The molecule has 0 fully saturated rings. The molecule has 0 bridgehead atoms. The Morgan fingerprint density at radius 1 is 1.41 bits per heavy atom. The average molecular weight is 336 g/mol. The van der Waals surface area contributed by atoms with Crippen molar-refractivity contribution in [2.24, 2.45) is 5.10 Å². The van der Waals surface area contributed by atoms with Crippen LogP contribution in [0.4, 0.5) is 4.39 Å². The zero-order valence-electron chi connectivity index (χ0n) is 11.8. The Morgan fingerprint density at radius 2 is 2.18 bits per heavy atom. The molecule has 0 aliphatic heterocycles. The molecule has 0 aliphatic carbocycles. The van der Waals surface area contributed by atoms with E-state index in [2.05, 4.69) is 10.1 Å². The Labute approximate surface area is 134 Å². The Morgan fingerprint density at radius 3 is 2.91 bits per heavy atom. The molecule has 0 unspecified atom stereocenters. The number of aromatic nitrogens is 2. The number of benzene rings is 1. The van der Waals surface area contributed by atoms with E-state index in [-0.39, 0.29) is 16.1 Å². The van der Waals surface area contributed by atoms with Gasteiger partial charge in [0.1, 0.15) is 17.0 Å². The summed E-state index contributed by atoms with van der Waals surface area (Å²) in [6.07, 6.45) is 2.55. The maximum Gasteiger partial charge on any atom is 0.282 e. The molecule has 22 heavy (non-hydrogen) atoms. The van der Waals surface area contributed by atoms with Crippen molar-refractivity contribution in [2.75, 3.05) is 0 Å². The fraction of sp³-hybridized carbons (Fsp3) is 0.133. The second-order valence-corrected chi connectivity index (χ2v) is 6.35. The molecule has 2 heterocycles. The Hall–Kier alpha value is -2.05. The van der Waals surface area contributed by atoms with E-state index < -0.39 is 5.82 Å². The van der Waals surface area contributed by atoms with Crippen LogP contribution in [-0.4, -0.2) is 15.9 Å². The zero-order chi connectivity index (χ0) is 15.9. The van der Waals surface area contributed by atoms with Gasteiger partial charge in [-0.05, 0) is 31.5 Å². The molecule has 3 aromatic rings. The predicted octanol–water partition coefficient (Wildman–Crippen LogP) is 3.75. The van der Waals surface area contributed by atoms with E-state index in [4.69, 9.17) is 11.6 Å². The SMILES string of the molecule is Cc1sc2ncn(/N=C/c3c(F)cccc3Cl)c(=O)c2c1C. The number of thiophene rings is 1. The molecule has 1 aromatic carbocycles. The topological polar surface area (TPSA) is 47.2 Å². The molecule has 0 saturated carbocycles. The van der Waals surface area contributed by atoms with Gasteiger partial charge >= 0.3 is 0 Å². The van der Waals surface area contributed by atoms with E-state index in [0.29, 0.717) is 10.2 Å². The highest BCUT2D eigenvalue weighted by atomic mass is 35.5. The lowest BCUT2D eigenvalue weighted by atomic mass is 10.2. The van der Waals surface area contributed by atoms with Crippen LogP contribution < -0.4 is 5.56 Å². The highest BCUT2D eigenvalue weighted by Gasteiger charge is 2.12.